The van der Waals surface area contributed by atoms with Gasteiger partial charge in [0, 0.05) is 19.0 Å². The Morgan fingerprint density at radius 2 is 1.74 bits per heavy atom. The lowest BCUT2D eigenvalue weighted by Gasteiger charge is -2.35. The molecule has 1 aromatic rings. The molecule has 1 saturated heterocycles. The number of hydrogen-bond donors (Lipinski definition) is 3. The number of carbonyl (C=O) groups is 3. The topological polar surface area (TPSA) is 133 Å². The van der Waals surface area contributed by atoms with E-state index in [1.165, 1.54) is 23.9 Å². The van der Waals surface area contributed by atoms with Gasteiger partial charge in [0.1, 0.15) is 12.1 Å². The number of benzene rings is 1. The van der Waals surface area contributed by atoms with E-state index in [1.807, 2.05) is 13.2 Å². The molecule has 0 bridgehead atoms. The number of rotatable bonds is 11. The first-order valence-electron chi connectivity index (χ1n) is 11.4. The molecule has 0 aliphatic carbocycles. The van der Waals surface area contributed by atoms with E-state index in [4.69, 9.17) is 0 Å². The van der Waals surface area contributed by atoms with Crippen LogP contribution < -0.4 is 10.0 Å². The average Bonchev–Trinajstić information content (AvgIpc) is 2.79. The Bertz CT molecular complexity index is 957. The third-order valence-electron chi connectivity index (χ3n) is 5.95. The fourth-order valence-corrected chi connectivity index (χ4v) is 5.57. The maximum absolute atomic E-state index is 13.2. The maximum atomic E-state index is 13.2. The van der Waals surface area contributed by atoms with Gasteiger partial charge >= 0.3 is 5.97 Å². The van der Waals surface area contributed by atoms with E-state index in [2.05, 4.69) is 10.0 Å². The number of carboxylic acids is 1. The minimum absolute atomic E-state index is 0.0985. The molecule has 34 heavy (non-hydrogen) atoms. The largest absolute Gasteiger partial charge is 0.480 e. The molecule has 0 spiro atoms. The van der Waals surface area contributed by atoms with E-state index in [9.17, 15) is 27.9 Å². The van der Waals surface area contributed by atoms with Gasteiger partial charge in [-0.05, 0) is 56.2 Å². The molecule has 9 nitrogen and oxygen atoms in total. The summed E-state index contributed by atoms with van der Waals surface area (Å²) in [6.45, 7) is 6.02. The molecular weight excluding hydrogens is 478 g/mol. The van der Waals surface area contributed by atoms with Gasteiger partial charge in [-0.25, -0.2) is 13.2 Å². The number of carbonyl (C=O) groups excluding carboxylic acids is 2. The molecule has 1 aromatic carbocycles. The summed E-state index contributed by atoms with van der Waals surface area (Å²) in [4.78, 5) is 38.9. The highest BCUT2D eigenvalue weighted by molar-refractivity contribution is 7.98. The third kappa shape index (κ3) is 7.71. The number of hydrogen-bond acceptors (Lipinski definition) is 6. The summed E-state index contributed by atoms with van der Waals surface area (Å²) in [6.07, 6.45) is 3.00. The first-order valence-corrected chi connectivity index (χ1v) is 14.2. The van der Waals surface area contributed by atoms with Gasteiger partial charge in [-0.1, -0.05) is 31.5 Å². The van der Waals surface area contributed by atoms with E-state index in [1.54, 1.807) is 30.9 Å². The number of piperidine rings is 1. The highest BCUT2D eigenvalue weighted by Crippen LogP contribution is 2.21. The number of aliphatic carboxylic acids is 1. The van der Waals surface area contributed by atoms with Gasteiger partial charge in [0.2, 0.25) is 21.8 Å². The molecule has 190 valence electrons. The van der Waals surface area contributed by atoms with Crippen molar-refractivity contribution in [1.82, 2.24) is 14.9 Å². The molecule has 1 aliphatic heterocycles. The van der Waals surface area contributed by atoms with Crippen molar-refractivity contribution in [1.29, 1.82) is 0 Å². The van der Waals surface area contributed by atoms with Gasteiger partial charge in [0.15, 0.2) is 0 Å². The molecular formula is C23H35N3O6S2. The number of sulfonamides is 1. The second-order valence-electron chi connectivity index (χ2n) is 8.94. The van der Waals surface area contributed by atoms with Gasteiger partial charge < -0.3 is 15.3 Å². The van der Waals surface area contributed by atoms with E-state index < -0.39 is 28.1 Å². The summed E-state index contributed by atoms with van der Waals surface area (Å²) < 4.78 is 28.2. The van der Waals surface area contributed by atoms with Crippen LogP contribution in [0.1, 0.15) is 38.7 Å². The van der Waals surface area contributed by atoms with Crippen molar-refractivity contribution in [3.05, 3.63) is 29.8 Å². The Kier molecular flexibility index (Phi) is 10.4. The molecule has 0 aromatic heterocycles. The van der Waals surface area contributed by atoms with Crippen LogP contribution in [0.15, 0.2) is 29.2 Å². The second kappa shape index (κ2) is 12.6. The fourth-order valence-electron chi connectivity index (χ4n) is 3.77. The molecule has 2 atom stereocenters. The molecule has 0 unspecified atom stereocenters. The molecule has 2 rings (SSSR count). The van der Waals surface area contributed by atoms with Crippen LogP contribution in [-0.4, -0.2) is 73.4 Å². The second-order valence-corrected chi connectivity index (χ2v) is 11.6. The standard InChI is InChI=1S/C23H35N3O6S2/c1-15(2)20(25-34(31,32)18-7-5-16(3)6-8-18)22(28)26-12-9-17(10-13-26)21(27)24-19(23(29)30)11-14-33-4/h5-8,15,17,19-20,25H,9-14H2,1-4H3,(H,24,27)(H,29,30)/t19-,20+/m0/s1. The van der Waals surface area contributed by atoms with E-state index in [0.717, 1.165) is 5.56 Å². The number of carboxylic acid groups (broad SMARTS) is 1. The zero-order valence-corrected chi connectivity index (χ0v) is 21.7. The van der Waals surface area contributed by atoms with Crippen molar-refractivity contribution in [2.24, 2.45) is 11.8 Å². The van der Waals surface area contributed by atoms with Crippen LogP contribution in [0.25, 0.3) is 0 Å². The van der Waals surface area contributed by atoms with Crippen molar-refractivity contribution < 1.29 is 27.9 Å². The first-order chi connectivity index (χ1) is 16.0. The molecule has 1 fully saturated rings. The highest BCUT2D eigenvalue weighted by atomic mass is 32.2. The lowest BCUT2D eigenvalue weighted by atomic mass is 9.94. The van der Waals surface area contributed by atoms with E-state index >= 15 is 0 Å². The maximum Gasteiger partial charge on any atom is 0.326 e. The van der Waals surface area contributed by atoms with Crippen LogP contribution in [-0.2, 0) is 24.4 Å². The van der Waals surface area contributed by atoms with Crippen LogP contribution >= 0.6 is 11.8 Å². The Labute approximate surface area is 206 Å². The summed E-state index contributed by atoms with van der Waals surface area (Å²) >= 11 is 1.51. The average molecular weight is 514 g/mol. The van der Waals surface area contributed by atoms with Gasteiger partial charge in [-0.2, -0.15) is 16.5 Å². The number of amides is 2. The van der Waals surface area contributed by atoms with Crippen molar-refractivity contribution in [2.45, 2.75) is 57.0 Å². The molecule has 3 N–H and O–H groups in total. The minimum Gasteiger partial charge on any atom is -0.480 e. The molecule has 1 aliphatic rings. The number of likely N-dealkylation sites (tertiary alicyclic amines) is 1. The minimum atomic E-state index is -3.88. The van der Waals surface area contributed by atoms with E-state index in [-0.39, 0.29) is 28.5 Å². The summed E-state index contributed by atoms with van der Waals surface area (Å²) in [5.74, 6) is -1.74. The molecule has 2 amide bonds. The fraction of sp³-hybridized carbons (Fsp3) is 0.609. The first kappa shape index (κ1) is 28.1. The predicted molar refractivity (Wildman–Crippen MR) is 132 cm³/mol. The Morgan fingerprint density at radius 3 is 2.24 bits per heavy atom. The zero-order valence-electron chi connectivity index (χ0n) is 20.1. The van der Waals surface area contributed by atoms with Crippen LogP contribution in [0.3, 0.4) is 0 Å². The number of nitrogens with zero attached hydrogens (tertiary/aromatic N) is 1. The normalized spacial score (nSPS) is 16.8. The third-order valence-corrected chi connectivity index (χ3v) is 8.05. The van der Waals surface area contributed by atoms with Crippen molar-refractivity contribution in [3.8, 4) is 0 Å². The van der Waals surface area contributed by atoms with Crippen molar-refractivity contribution in [2.75, 3.05) is 25.1 Å². The quantitative estimate of drug-likeness (QED) is 0.411. The van der Waals surface area contributed by atoms with Crippen molar-refractivity contribution in [3.63, 3.8) is 0 Å². The monoisotopic (exact) mass is 513 g/mol. The zero-order chi connectivity index (χ0) is 25.5. The smallest absolute Gasteiger partial charge is 0.326 e. The molecule has 1 heterocycles. The van der Waals surface area contributed by atoms with Crippen molar-refractivity contribution >= 4 is 39.6 Å². The summed E-state index contributed by atoms with van der Waals surface area (Å²) in [6, 6.07) is 4.56. The van der Waals surface area contributed by atoms with Crippen LogP contribution in [0.5, 0.6) is 0 Å². The van der Waals surface area contributed by atoms with Crippen LogP contribution in [0.2, 0.25) is 0 Å². The lowest BCUT2D eigenvalue weighted by molar-refractivity contribution is -0.143. The van der Waals surface area contributed by atoms with Gasteiger partial charge in [-0.3, -0.25) is 9.59 Å². The summed E-state index contributed by atoms with van der Waals surface area (Å²) in [7, 11) is -3.88. The Morgan fingerprint density at radius 1 is 1.15 bits per heavy atom. The van der Waals surface area contributed by atoms with Gasteiger partial charge in [0.25, 0.3) is 0 Å². The number of nitrogens with one attached hydrogen (secondary N) is 2. The van der Waals surface area contributed by atoms with Gasteiger partial charge in [-0.15, -0.1) is 0 Å². The number of aryl methyl sites for hydroxylation is 1. The Hall–Kier alpha value is -2.11. The van der Waals surface area contributed by atoms with Crippen LogP contribution in [0, 0.1) is 18.8 Å². The van der Waals surface area contributed by atoms with Gasteiger partial charge in [0.05, 0.1) is 4.90 Å². The molecule has 11 heteroatoms. The predicted octanol–water partition coefficient (Wildman–Crippen LogP) is 1.86. The highest BCUT2D eigenvalue weighted by Gasteiger charge is 2.35. The Balaban J connectivity index is 1.99. The molecule has 0 radical (unpaired) electrons. The SMILES string of the molecule is CSCC[C@H](NC(=O)C1CCN(C(=O)[C@H](NS(=O)(=O)c2ccc(C)cc2)C(C)C)CC1)C(=O)O. The lowest BCUT2D eigenvalue weighted by Crippen LogP contribution is -2.54. The van der Waals surface area contributed by atoms with E-state index in [0.29, 0.717) is 38.1 Å². The summed E-state index contributed by atoms with van der Waals surface area (Å²) in [5.41, 5.74) is 0.932. The summed E-state index contributed by atoms with van der Waals surface area (Å²) in [5, 5.41) is 11.9. The van der Waals surface area contributed by atoms with Crippen LogP contribution in [0.4, 0.5) is 0 Å². The number of thioether (sulfide) groups is 1. The molecule has 0 saturated carbocycles.